The number of anilines is 1. The molecule has 3 aromatic heterocycles. The fraction of sp³-hybridized carbons (Fsp3) is 0.526. The normalized spacial score (nSPS) is 14.2. The summed E-state index contributed by atoms with van der Waals surface area (Å²) in [5, 5.41) is 19.7. The summed E-state index contributed by atoms with van der Waals surface area (Å²) in [4.78, 5) is 12.4. The molecule has 1 amide bonds. The van der Waals surface area contributed by atoms with E-state index in [1.54, 1.807) is 4.40 Å². The number of nitrogens with one attached hydrogen (secondary N) is 1. The molecule has 1 aliphatic rings. The average Bonchev–Trinajstić information content (AvgIpc) is 3.29. The van der Waals surface area contributed by atoms with Crippen LogP contribution in [0.15, 0.2) is 24.4 Å². The number of aryl methyl sites for hydroxylation is 2. The number of carbonyl (C=O) groups excluding carboxylic acids is 1. The molecule has 4 rings (SSSR count). The topological polar surface area (TPSA) is 90.0 Å². The summed E-state index contributed by atoms with van der Waals surface area (Å²) in [5.74, 6) is 2.96. The molecule has 1 fully saturated rings. The molecule has 3 aromatic rings. The van der Waals surface area contributed by atoms with Gasteiger partial charge in [0, 0.05) is 31.5 Å². The van der Waals surface area contributed by atoms with Crippen LogP contribution in [0.3, 0.4) is 0 Å². The number of carbonyl (C=O) groups is 1. The molecule has 1 aliphatic carbocycles. The number of hydrogen-bond acceptors (Lipinski definition) is 5. The van der Waals surface area contributed by atoms with E-state index in [4.69, 9.17) is 0 Å². The second-order valence-corrected chi connectivity index (χ2v) is 7.57. The van der Waals surface area contributed by atoms with Gasteiger partial charge in [-0.1, -0.05) is 19.9 Å². The number of aromatic nitrogens is 6. The standard InChI is InChI=1S/C19H25N7O/c1-13(2)6-9-16-22-23-17(26(16)14-7-8-14)10-11-18(27)20-19-24-21-15-5-3-4-12-25(15)19/h3-5,12-14H,6-11H2,1-2H3,(H,20,24,27). The molecule has 142 valence electrons. The van der Waals surface area contributed by atoms with E-state index in [0.717, 1.165) is 24.5 Å². The van der Waals surface area contributed by atoms with Crippen LogP contribution in [-0.2, 0) is 17.6 Å². The molecule has 3 heterocycles. The summed E-state index contributed by atoms with van der Waals surface area (Å²) in [6.45, 7) is 4.44. The smallest absolute Gasteiger partial charge is 0.235 e. The van der Waals surface area contributed by atoms with E-state index in [1.165, 1.54) is 12.8 Å². The highest BCUT2D eigenvalue weighted by Gasteiger charge is 2.29. The van der Waals surface area contributed by atoms with Gasteiger partial charge in [0.2, 0.25) is 11.9 Å². The molecule has 0 bridgehead atoms. The minimum Gasteiger partial charge on any atom is -0.312 e. The van der Waals surface area contributed by atoms with Gasteiger partial charge >= 0.3 is 0 Å². The second kappa shape index (κ2) is 7.46. The van der Waals surface area contributed by atoms with Crippen LogP contribution in [0.4, 0.5) is 5.95 Å². The number of hydrogen-bond donors (Lipinski definition) is 1. The lowest BCUT2D eigenvalue weighted by atomic mass is 10.1. The summed E-state index contributed by atoms with van der Waals surface area (Å²) in [6.07, 6.45) is 7.15. The van der Waals surface area contributed by atoms with Gasteiger partial charge in [-0.15, -0.1) is 20.4 Å². The molecule has 1 saturated carbocycles. The fourth-order valence-corrected chi connectivity index (χ4v) is 3.21. The Morgan fingerprint density at radius 2 is 1.93 bits per heavy atom. The van der Waals surface area contributed by atoms with E-state index in [-0.39, 0.29) is 5.91 Å². The quantitative estimate of drug-likeness (QED) is 0.661. The molecular formula is C19H25N7O. The van der Waals surface area contributed by atoms with Crippen molar-refractivity contribution in [1.29, 1.82) is 0 Å². The lowest BCUT2D eigenvalue weighted by molar-refractivity contribution is -0.116. The third kappa shape index (κ3) is 3.99. The first-order valence-corrected chi connectivity index (χ1v) is 9.64. The molecular weight excluding hydrogens is 342 g/mol. The third-order valence-electron chi connectivity index (χ3n) is 4.83. The zero-order valence-corrected chi connectivity index (χ0v) is 15.8. The van der Waals surface area contributed by atoms with Gasteiger partial charge < -0.3 is 4.57 Å². The van der Waals surface area contributed by atoms with Crippen LogP contribution in [0.1, 0.15) is 57.2 Å². The Morgan fingerprint density at radius 3 is 2.67 bits per heavy atom. The van der Waals surface area contributed by atoms with Crippen molar-refractivity contribution in [1.82, 2.24) is 29.4 Å². The molecule has 8 nitrogen and oxygen atoms in total. The van der Waals surface area contributed by atoms with Gasteiger partial charge in [-0.25, -0.2) is 0 Å². The lowest BCUT2D eigenvalue weighted by Gasteiger charge is -2.10. The first-order valence-electron chi connectivity index (χ1n) is 9.64. The zero-order valence-electron chi connectivity index (χ0n) is 15.8. The maximum absolute atomic E-state index is 12.4. The van der Waals surface area contributed by atoms with Crippen molar-refractivity contribution in [2.75, 3.05) is 5.32 Å². The lowest BCUT2D eigenvalue weighted by Crippen LogP contribution is -2.16. The van der Waals surface area contributed by atoms with Gasteiger partial charge in [-0.2, -0.15) is 0 Å². The van der Waals surface area contributed by atoms with Crippen molar-refractivity contribution >= 4 is 17.5 Å². The Kier molecular flexibility index (Phi) is 4.87. The molecule has 0 saturated heterocycles. The third-order valence-corrected chi connectivity index (χ3v) is 4.83. The largest absolute Gasteiger partial charge is 0.312 e. The summed E-state index contributed by atoms with van der Waals surface area (Å²) >= 11 is 0. The SMILES string of the molecule is CC(C)CCc1nnc(CCC(=O)Nc2nnc3ccccn23)n1C1CC1. The highest BCUT2D eigenvalue weighted by atomic mass is 16.1. The van der Waals surface area contributed by atoms with Crippen LogP contribution in [0.25, 0.3) is 5.65 Å². The van der Waals surface area contributed by atoms with Crippen molar-refractivity contribution in [2.24, 2.45) is 5.92 Å². The Bertz CT molecular complexity index is 939. The van der Waals surface area contributed by atoms with Gasteiger partial charge in [0.1, 0.15) is 11.6 Å². The van der Waals surface area contributed by atoms with Gasteiger partial charge in [0.05, 0.1) is 0 Å². The van der Waals surface area contributed by atoms with Gasteiger partial charge in [0.15, 0.2) is 5.65 Å². The maximum atomic E-state index is 12.4. The van der Waals surface area contributed by atoms with Crippen molar-refractivity contribution < 1.29 is 4.79 Å². The first-order chi connectivity index (χ1) is 13.1. The van der Waals surface area contributed by atoms with Crippen molar-refractivity contribution in [2.45, 2.75) is 58.4 Å². The van der Waals surface area contributed by atoms with Crippen molar-refractivity contribution in [3.05, 3.63) is 36.0 Å². The molecule has 27 heavy (non-hydrogen) atoms. The van der Waals surface area contributed by atoms with Crippen LogP contribution < -0.4 is 5.32 Å². The highest BCUT2D eigenvalue weighted by molar-refractivity contribution is 5.89. The molecule has 0 aromatic carbocycles. The first kappa shape index (κ1) is 17.6. The molecule has 0 radical (unpaired) electrons. The molecule has 0 spiro atoms. The highest BCUT2D eigenvalue weighted by Crippen LogP contribution is 2.37. The molecule has 0 atom stereocenters. The van der Waals surface area contributed by atoms with E-state index in [2.05, 4.69) is 44.1 Å². The maximum Gasteiger partial charge on any atom is 0.235 e. The van der Waals surface area contributed by atoms with Crippen LogP contribution in [0.5, 0.6) is 0 Å². The monoisotopic (exact) mass is 367 g/mol. The predicted octanol–water partition coefficient (Wildman–Crippen LogP) is 2.82. The summed E-state index contributed by atoms with van der Waals surface area (Å²) in [7, 11) is 0. The van der Waals surface area contributed by atoms with Crippen LogP contribution >= 0.6 is 0 Å². The molecule has 1 N–H and O–H groups in total. The van der Waals surface area contributed by atoms with Crippen molar-refractivity contribution in [3.63, 3.8) is 0 Å². The average molecular weight is 367 g/mol. The van der Waals surface area contributed by atoms with Gasteiger partial charge in [0.25, 0.3) is 0 Å². The fourth-order valence-electron chi connectivity index (χ4n) is 3.21. The molecule has 8 heteroatoms. The number of rotatable bonds is 8. The second-order valence-electron chi connectivity index (χ2n) is 7.57. The van der Waals surface area contributed by atoms with E-state index in [1.807, 2.05) is 24.4 Å². The summed E-state index contributed by atoms with van der Waals surface area (Å²) in [5.41, 5.74) is 0.705. The Labute approximate surface area is 158 Å². The number of pyridine rings is 1. The summed E-state index contributed by atoms with van der Waals surface area (Å²) in [6, 6.07) is 6.13. The summed E-state index contributed by atoms with van der Waals surface area (Å²) < 4.78 is 4.02. The van der Waals surface area contributed by atoms with E-state index in [9.17, 15) is 4.79 Å². The minimum absolute atomic E-state index is 0.0952. The van der Waals surface area contributed by atoms with Crippen LogP contribution in [0.2, 0.25) is 0 Å². The van der Waals surface area contributed by atoms with Crippen LogP contribution in [-0.4, -0.2) is 35.3 Å². The molecule has 0 unspecified atom stereocenters. The van der Waals surface area contributed by atoms with Gasteiger partial charge in [-0.3, -0.25) is 14.5 Å². The Balaban J connectivity index is 1.40. The van der Waals surface area contributed by atoms with E-state index in [0.29, 0.717) is 36.4 Å². The van der Waals surface area contributed by atoms with Crippen LogP contribution in [0, 0.1) is 5.92 Å². The Morgan fingerprint density at radius 1 is 1.15 bits per heavy atom. The zero-order chi connectivity index (χ0) is 18.8. The van der Waals surface area contributed by atoms with E-state index < -0.39 is 0 Å². The number of amides is 1. The number of nitrogens with zero attached hydrogens (tertiary/aromatic N) is 6. The predicted molar refractivity (Wildman–Crippen MR) is 101 cm³/mol. The van der Waals surface area contributed by atoms with Gasteiger partial charge in [-0.05, 0) is 37.3 Å². The Hall–Kier alpha value is -2.77. The number of fused-ring (bicyclic) bond motifs is 1. The van der Waals surface area contributed by atoms with E-state index >= 15 is 0 Å². The minimum atomic E-state index is -0.0952. The molecule has 0 aliphatic heterocycles. The van der Waals surface area contributed by atoms with Crippen molar-refractivity contribution in [3.8, 4) is 0 Å².